The fourth-order valence-corrected chi connectivity index (χ4v) is 1.62. The SMILES string of the molecule is CCCCC.CCCCC.CCCCC.CCCCC.CCOC(C)=O. The maximum Gasteiger partial charge on any atom is 0.302 e. The lowest BCUT2D eigenvalue weighted by Gasteiger charge is -1.89. The van der Waals surface area contributed by atoms with Gasteiger partial charge in [0, 0.05) is 6.92 Å². The van der Waals surface area contributed by atoms with Crippen molar-refractivity contribution in [3.8, 4) is 0 Å². The molecule has 2 nitrogen and oxygen atoms in total. The highest BCUT2D eigenvalue weighted by Crippen LogP contribution is 1.89. The first-order chi connectivity index (χ1) is 12.4. The van der Waals surface area contributed by atoms with E-state index in [4.69, 9.17) is 0 Å². The van der Waals surface area contributed by atoms with Gasteiger partial charge in [-0.1, -0.05) is 132 Å². The third-order valence-electron chi connectivity index (χ3n) is 3.18. The Hall–Kier alpha value is -0.530. The van der Waals surface area contributed by atoms with Crippen molar-refractivity contribution in [3.63, 3.8) is 0 Å². The van der Waals surface area contributed by atoms with Gasteiger partial charge in [-0.05, 0) is 6.92 Å². The van der Waals surface area contributed by atoms with Crippen LogP contribution in [-0.4, -0.2) is 12.6 Å². The molecule has 164 valence electrons. The molecule has 0 aromatic rings. The molecule has 0 aliphatic heterocycles. The van der Waals surface area contributed by atoms with Crippen LogP contribution in [0, 0.1) is 0 Å². The van der Waals surface area contributed by atoms with Gasteiger partial charge >= 0.3 is 5.97 Å². The molecule has 0 N–H and O–H groups in total. The molecule has 0 aliphatic rings. The van der Waals surface area contributed by atoms with Crippen LogP contribution >= 0.6 is 0 Å². The molecule has 0 aromatic carbocycles. The molecule has 0 heterocycles. The molecule has 26 heavy (non-hydrogen) atoms. The summed E-state index contributed by atoms with van der Waals surface area (Å²) in [5.41, 5.74) is 0. The van der Waals surface area contributed by atoms with E-state index in [1.54, 1.807) is 6.92 Å². The molecule has 0 radical (unpaired) electrons. The predicted molar refractivity (Wildman–Crippen MR) is 123 cm³/mol. The van der Waals surface area contributed by atoms with E-state index in [2.05, 4.69) is 60.1 Å². The normalized spacial score (nSPS) is 8.23. The molecule has 0 saturated carbocycles. The summed E-state index contributed by atoms with van der Waals surface area (Å²) >= 11 is 0. The van der Waals surface area contributed by atoms with Crippen LogP contribution in [-0.2, 0) is 9.53 Å². The van der Waals surface area contributed by atoms with E-state index in [1.165, 1.54) is 84.0 Å². The average Bonchev–Trinajstić information content (AvgIpc) is 2.60. The summed E-state index contributed by atoms with van der Waals surface area (Å²) in [5.74, 6) is -0.211. The first-order valence-electron chi connectivity index (χ1n) is 11.6. The largest absolute Gasteiger partial charge is 0.466 e. The summed E-state index contributed by atoms with van der Waals surface area (Å²) in [5, 5.41) is 0. The minimum absolute atomic E-state index is 0.211. The van der Waals surface area contributed by atoms with Crippen molar-refractivity contribution < 1.29 is 9.53 Å². The van der Waals surface area contributed by atoms with Gasteiger partial charge in [0.25, 0.3) is 0 Å². The monoisotopic (exact) mass is 376 g/mol. The molecule has 0 bridgehead atoms. The molecule has 0 unspecified atom stereocenters. The smallest absolute Gasteiger partial charge is 0.302 e. The van der Waals surface area contributed by atoms with E-state index >= 15 is 0 Å². The molecular weight excluding hydrogens is 320 g/mol. The van der Waals surface area contributed by atoms with Gasteiger partial charge in [0.2, 0.25) is 0 Å². The van der Waals surface area contributed by atoms with Crippen LogP contribution in [0.1, 0.15) is 146 Å². The highest BCUT2D eigenvalue weighted by atomic mass is 16.5. The van der Waals surface area contributed by atoms with Gasteiger partial charge in [0.1, 0.15) is 0 Å². The third-order valence-corrected chi connectivity index (χ3v) is 3.18. The maximum absolute atomic E-state index is 9.82. The van der Waals surface area contributed by atoms with Gasteiger partial charge in [0.15, 0.2) is 0 Å². The van der Waals surface area contributed by atoms with Crippen LogP contribution in [0.2, 0.25) is 0 Å². The van der Waals surface area contributed by atoms with Crippen LogP contribution in [0.5, 0.6) is 0 Å². The van der Waals surface area contributed by atoms with Crippen LogP contribution in [0.3, 0.4) is 0 Å². The van der Waals surface area contributed by atoms with E-state index in [9.17, 15) is 4.79 Å². The van der Waals surface area contributed by atoms with Gasteiger partial charge in [-0.25, -0.2) is 0 Å². The van der Waals surface area contributed by atoms with Crippen molar-refractivity contribution in [2.45, 2.75) is 146 Å². The molecule has 2 heteroatoms. The summed E-state index contributed by atoms with van der Waals surface area (Å²) in [7, 11) is 0. The summed E-state index contributed by atoms with van der Waals surface area (Å²) in [6.45, 7) is 21.3. The Morgan fingerprint density at radius 3 is 0.692 bits per heavy atom. The topological polar surface area (TPSA) is 26.3 Å². The molecule has 0 aromatic heterocycles. The minimum atomic E-state index is -0.211. The van der Waals surface area contributed by atoms with Crippen molar-refractivity contribution in [3.05, 3.63) is 0 Å². The average molecular weight is 377 g/mol. The van der Waals surface area contributed by atoms with Gasteiger partial charge in [-0.15, -0.1) is 0 Å². The molecule has 0 saturated heterocycles. The molecule has 0 spiro atoms. The highest BCUT2D eigenvalue weighted by Gasteiger charge is 1.81. The molecule has 0 fully saturated rings. The number of rotatable bonds is 9. The Morgan fingerprint density at radius 1 is 0.500 bits per heavy atom. The van der Waals surface area contributed by atoms with Crippen molar-refractivity contribution >= 4 is 5.97 Å². The van der Waals surface area contributed by atoms with Crippen LogP contribution in [0.25, 0.3) is 0 Å². The van der Waals surface area contributed by atoms with Crippen molar-refractivity contribution in [2.24, 2.45) is 0 Å². The lowest BCUT2D eigenvalue weighted by atomic mass is 10.3. The second kappa shape index (κ2) is 49.7. The first kappa shape index (κ1) is 36.4. The summed E-state index contributed by atoms with van der Waals surface area (Å²) in [4.78, 5) is 9.82. The number of ether oxygens (including phenoxy) is 1. The first-order valence-corrected chi connectivity index (χ1v) is 11.6. The fourth-order valence-electron chi connectivity index (χ4n) is 1.62. The summed E-state index contributed by atoms with van der Waals surface area (Å²) in [6, 6.07) is 0. The Balaban J connectivity index is -0.0000000708. The van der Waals surface area contributed by atoms with E-state index in [1.807, 2.05) is 0 Å². The van der Waals surface area contributed by atoms with Gasteiger partial charge in [-0.3, -0.25) is 4.79 Å². The number of esters is 1. The Kier molecular flexibility index (Phi) is 69.6. The number of hydrogen-bond acceptors (Lipinski definition) is 2. The van der Waals surface area contributed by atoms with Gasteiger partial charge in [-0.2, -0.15) is 0 Å². The van der Waals surface area contributed by atoms with Gasteiger partial charge in [0.05, 0.1) is 6.61 Å². The van der Waals surface area contributed by atoms with Crippen molar-refractivity contribution in [2.75, 3.05) is 6.61 Å². The fraction of sp³-hybridized carbons (Fsp3) is 0.958. The van der Waals surface area contributed by atoms with E-state index in [-0.39, 0.29) is 5.97 Å². The van der Waals surface area contributed by atoms with Crippen molar-refractivity contribution in [1.29, 1.82) is 0 Å². The lowest BCUT2D eigenvalue weighted by molar-refractivity contribution is -0.140. The standard InChI is InChI=1S/4C5H12.C4H8O2/c4*1-3-5-4-2;1-3-6-4(2)5/h4*3-5H2,1-2H3;3H2,1-2H3. The second-order valence-electron chi connectivity index (χ2n) is 6.34. The summed E-state index contributed by atoms with van der Waals surface area (Å²) in [6.07, 6.45) is 16.3. The maximum atomic E-state index is 9.82. The predicted octanol–water partition coefficient (Wildman–Crippen LogP) is 9.36. The van der Waals surface area contributed by atoms with E-state index < -0.39 is 0 Å². The Bertz CT molecular complexity index is 147. The molecule has 0 rings (SSSR count). The molecular formula is C24H56O2. The molecule has 0 amide bonds. The molecule has 0 atom stereocenters. The number of carbonyl (C=O) groups excluding carboxylic acids is 1. The number of unbranched alkanes of at least 4 members (excludes halogenated alkanes) is 8. The second-order valence-corrected chi connectivity index (χ2v) is 6.34. The highest BCUT2D eigenvalue weighted by molar-refractivity contribution is 5.65. The van der Waals surface area contributed by atoms with Crippen molar-refractivity contribution in [1.82, 2.24) is 0 Å². The zero-order chi connectivity index (χ0) is 21.5. The van der Waals surface area contributed by atoms with Crippen LogP contribution in [0.4, 0.5) is 0 Å². The van der Waals surface area contributed by atoms with E-state index in [0.717, 1.165) is 0 Å². The Labute approximate surface area is 168 Å². The number of hydrogen-bond donors (Lipinski definition) is 0. The summed E-state index contributed by atoms with van der Waals surface area (Å²) < 4.78 is 4.40. The minimum Gasteiger partial charge on any atom is -0.466 e. The van der Waals surface area contributed by atoms with E-state index in [0.29, 0.717) is 6.61 Å². The third kappa shape index (κ3) is 108. The quantitative estimate of drug-likeness (QED) is 0.374. The van der Waals surface area contributed by atoms with Gasteiger partial charge < -0.3 is 4.74 Å². The lowest BCUT2D eigenvalue weighted by Crippen LogP contribution is -1.95. The van der Waals surface area contributed by atoms with Crippen LogP contribution < -0.4 is 0 Å². The number of carbonyl (C=O) groups is 1. The van der Waals surface area contributed by atoms with Crippen LogP contribution in [0.15, 0.2) is 0 Å². The zero-order valence-electron chi connectivity index (χ0n) is 20.5. The zero-order valence-corrected chi connectivity index (χ0v) is 20.5. The molecule has 0 aliphatic carbocycles. The Morgan fingerprint density at radius 2 is 0.692 bits per heavy atom.